The Kier molecular flexibility index (Phi) is 2.63. The third-order valence-corrected chi connectivity index (χ3v) is 3.96. The molecule has 0 fully saturated rings. The molecule has 0 N–H and O–H groups in total. The van der Waals surface area contributed by atoms with E-state index in [-0.39, 0.29) is 0 Å². The molecular weight excluding hydrogens is 230 g/mol. The minimum Gasteiger partial charge on any atom is -0.493 e. The van der Waals surface area contributed by atoms with Gasteiger partial charge in [0.2, 0.25) is 0 Å². The van der Waals surface area contributed by atoms with E-state index in [1.54, 1.807) is 11.3 Å². The lowest BCUT2D eigenvalue weighted by Gasteiger charge is -2.01. The van der Waals surface area contributed by atoms with Crippen molar-refractivity contribution in [1.29, 1.82) is 0 Å². The molecule has 1 aliphatic rings. The minimum absolute atomic E-state index is 0.498. The topological polar surface area (TPSA) is 22.1 Å². The third-order valence-electron chi connectivity index (χ3n) is 3.05. The van der Waals surface area contributed by atoms with E-state index in [0.29, 0.717) is 5.92 Å². The molecule has 0 amide bonds. The van der Waals surface area contributed by atoms with Gasteiger partial charge in [-0.05, 0) is 29.7 Å². The molecule has 1 aromatic heterocycles. The lowest BCUT2D eigenvalue weighted by Crippen LogP contribution is -1.87. The molecule has 2 aromatic rings. The average molecular weight is 245 g/mol. The zero-order valence-electron chi connectivity index (χ0n) is 10.1. The SMILES string of the molecule is CC(C)c1csc(-c2ccc3c(c2)CCO3)n1. The summed E-state index contributed by atoms with van der Waals surface area (Å²) in [6.45, 7) is 5.17. The highest BCUT2D eigenvalue weighted by molar-refractivity contribution is 7.13. The Balaban J connectivity index is 1.97. The summed E-state index contributed by atoms with van der Waals surface area (Å²) < 4.78 is 5.52. The summed E-state index contributed by atoms with van der Waals surface area (Å²) in [6.07, 6.45) is 1.02. The van der Waals surface area contributed by atoms with Crippen molar-refractivity contribution in [1.82, 2.24) is 4.98 Å². The van der Waals surface area contributed by atoms with E-state index >= 15 is 0 Å². The van der Waals surface area contributed by atoms with Gasteiger partial charge in [-0.1, -0.05) is 13.8 Å². The van der Waals surface area contributed by atoms with Gasteiger partial charge >= 0.3 is 0 Å². The standard InChI is InChI=1S/C14H15NOS/c1-9(2)12-8-17-14(15-12)11-3-4-13-10(7-11)5-6-16-13/h3-4,7-9H,5-6H2,1-2H3. The number of rotatable bonds is 2. The van der Waals surface area contributed by atoms with Crippen LogP contribution in [0.25, 0.3) is 10.6 Å². The monoisotopic (exact) mass is 245 g/mol. The molecule has 88 valence electrons. The summed E-state index contributed by atoms with van der Waals surface area (Å²) in [5.41, 5.74) is 3.71. The fourth-order valence-corrected chi connectivity index (χ4v) is 2.98. The van der Waals surface area contributed by atoms with Crippen LogP contribution in [0.15, 0.2) is 23.6 Å². The van der Waals surface area contributed by atoms with Crippen molar-refractivity contribution in [2.45, 2.75) is 26.2 Å². The summed E-state index contributed by atoms with van der Waals surface area (Å²) in [6, 6.07) is 6.38. The van der Waals surface area contributed by atoms with Crippen LogP contribution in [0.4, 0.5) is 0 Å². The minimum atomic E-state index is 0.498. The normalized spacial score (nSPS) is 13.8. The van der Waals surface area contributed by atoms with Gasteiger partial charge in [-0.2, -0.15) is 0 Å². The fraction of sp³-hybridized carbons (Fsp3) is 0.357. The highest BCUT2D eigenvalue weighted by Gasteiger charge is 2.14. The molecule has 3 heteroatoms. The van der Waals surface area contributed by atoms with E-state index in [2.05, 4.69) is 42.4 Å². The van der Waals surface area contributed by atoms with E-state index in [4.69, 9.17) is 4.74 Å². The quantitative estimate of drug-likeness (QED) is 0.801. The Labute approximate surface area is 105 Å². The van der Waals surface area contributed by atoms with Crippen LogP contribution in [-0.4, -0.2) is 11.6 Å². The highest BCUT2D eigenvalue weighted by atomic mass is 32.1. The van der Waals surface area contributed by atoms with Crippen molar-refractivity contribution in [2.75, 3.05) is 6.61 Å². The van der Waals surface area contributed by atoms with Gasteiger partial charge in [0, 0.05) is 17.4 Å². The Morgan fingerprint density at radius 1 is 1.35 bits per heavy atom. The van der Waals surface area contributed by atoms with Crippen molar-refractivity contribution >= 4 is 11.3 Å². The van der Waals surface area contributed by atoms with Crippen LogP contribution in [0.3, 0.4) is 0 Å². The van der Waals surface area contributed by atoms with Gasteiger partial charge in [0.15, 0.2) is 0 Å². The first-order chi connectivity index (χ1) is 8.24. The first-order valence-electron chi connectivity index (χ1n) is 5.95. The van der Waals surface area contributed by atoms with Gasteiger partial charge in [0.25, 0.3) is 0 Å². The summed E-state index contributed by atoms with van der Waals surface area (Å²) in [7, 11) is 0. The van der Waals surface area contributed by atoms with Crippen LogP contribution in [-0.2, 0) is 6.42 Å². The average Bonchev–Trinajstić information content (AvgIpc) is 2.97. The molecule has 0 saturated carbocycles. The van der Waals surface area contributed by atoms with Crippen LogP contribution >= 0.6 is 11.3 Å². The summed E-state index contributed by atoms with van der Waals surface area (Å²) in [5.74, 6) is 1.53. The molecular formula is C14H15NOS. The number of thiazole rings is 1. The second-order valence-corrected chi connectivity index (χ2v) is 5.51. The number of nitrogens with zero attached hydrogens (tertiary/aromatic N) is 1. The zero-order chi connectivity index (χ0) is 11.8. The van der Waals surface area contributed by atoms with E-state index in [1.807, 2.05) is 0 Å². The Bertz CT molecular complexity index is 545. The first-order valence-corrected chi connectivity index (χ1v) is 6.83. The summed E-state index contributed by atoms with van der Waals surface area (Å²) in [5, 5.41) is 3.27. The summed E-state index contributed by atoms with van der Waals surface area (Å²) in [4.78, 5) is 4.68. The van der Waals surface area contributed by atoms with Gasteiger partial charge in [-0.15, -0.1) is 11.3 Å². The molecule has 0 spiro atoms. The molecule has 17 heavy (non-hydrogen) atoms. The van der Waals surface area contributed by atoms with Crippen LogP contribution < -0.4 is 4.74 Å². The Morgan fingerprint density at radius 3 is 3.00 bits per heavy atom. The maximum Gasteiger partial charge on any atom is 0.123 e. The number of benzene rings is 1. The molecule has 0 unspecified atom stereocenters. The lowest BCUT2D eigenvalue weighted by molar-refractivity contribution is 0.357. The highest BCUT2D eigenvalue weighted by Crippen LogP contribution is 2.32. The first kappa shape index (κ1) is 10.8. The van der Waals surface area contributed by atoms with Crippen molar-refractivity contribution < 1.29 is 4.74 Å². The van der Waals surface area contributed by atoms with Crippen molar-refractivity contribution in [3.8, 4) is 16.3 Å². The maximum absolute atomic E-state index is 5.52. The molecule has 0 atom stereocenters. The van der Waals surface area contributed by atoms with Crippen molar-refractivity contribution in [2.24, 2.45) is 0 Å². The lowest BCUT2D eigenvalue weighted by atomic mass is 10.1. The number of fused-ring (bicyclic) bond motifs is 1. The molecule has 2 nitrogen and oxygen atoms in total. The van der Waals surface area contributed by atoms with E-state index in [1.165, 1.54) is 16.8 Å². The van der Waals surface area contributed by atoms with Crippen LogP contribution in [0.2, 0.25) is 0 Å². The predicted octanol–water partition coefficient (Wildman–Crippen LogP) is 3.87. The molecule has 0 saturated heterocycles. The molecule has 2 heterocycles. The zero-order valence-corrected chi connectivity index (χ0v) is 10.9. The summed E-state index contributed by atoms with van der Waals surface area (Å²) >= 11 is 1.72. The molecule has 0 bridgehead atoms. The van der Waals surface area contributed by atoms with E-state index < -0.39 is 0 Å². The predicted molar refractivity (Wildman–Crippen MR) is 70.8 cm³/mol. The van der Waals surface area contributed by atoms with Gasteiger partial charge < -0.3 is 4.74 Å². The maximum atomic E-state index is 5.52. The number of hydrogen-bond acceptors (Lipinski definition) is 3. The molecule has 0 radical (unpaired) electrons. The number of hydrogen-bond donors (Lipinski definition) is 0. The second kappa shape index (κ2) is 4.15. The van der Waals surface area contributed by atoms with Gasteiger partial charge in [-0.25, -0.2) is 4.98 Å². The molecule has 1 aliphatic heterocycles. The number of ether oxygens (including phenoxy) is 1. The number of aromatic nitrogens is 1. The van der Waals surface area contributed by atoms with Crippen molar-refractivity contribution in [3.05, 3.63) is 34.8 Å². The van der Waals surface area contributed by atoms with Gasteiger partial charge in [0.05, 0.1) is 12.3 Å². The van der Waals surface area contributed by atoms with Crippen molar-refractivity contribution in [3.63, 3.8) is 0 Å². The van der Waals surface area contributed by atoms with E-state index in [0.717, 1.165) is 23.8 Å². The molecule has 1 aromatic carbocycles. The van der Waals surface area contributed by atoms with Crippen LogP contribution in [0.5, 0.6) is 5.75 Å². The van der Waals surface area contributed by atoms with Gasteiger partial charge in [0.1, 0.15) is 10.8 Å². The smallest absolute Gasteiger partial charge is 0.123 e. The molecule has 0 aliphatic carbocycles. The Morgan fingerprint density at radius 2 is 2.24 bits per heavy atom. The largest absolute Gasteiger partial charge is 0.493 e. The van der Waals surface area contributed by atoms with Gasteiger partial charge in [-0.3, -0.25) is 0 Å². The Hall–Kier alpha value is -1.35. The molecule has 3 rings (SSSR count). The third kappa shape index (κ3) is 1.95. The fourth-order valence-electron chi connectivity index (χ4n) is 2.00. The van der Waals surface area contributed by atoms with Crippen LogP contribution in [0, 0.1) is 0 Å². The second-order valence-electron chi connectivity index (χ2n) is 4.65. The van der Waals surface area contributed by atoms with E-state index in [9.17, 15) is 0 Å². The van der Waals surface area contributed by atoms with Crippen LogP contribution in [0.1, 0.15) is 31.0 Å².